The van der Waals surface area contributed by atoms with E-state index in [1.165, 1.54) is 40.8 Å². The van der Waals surface area contributed by atoms with Gasteiger partial charge in [0.05, 0.1) is 23.9 Å². The Kier molecular flexibility index (Phi) is 8.36. The van der Waals surface area contributed by atoms with Crippen LogP contribution >= 0.6 is 11.6 Å². The summed E-state index contributed by atoms with van der Waals surface area (Å²) < 4.78 is 19.5. The SMILES string of the molecule is COCCN(CC(=O)N1N=C(c2ccc(C)c(C)c2)C[C@H]1c1ccccc1Cl)C(=O)c1ccccc1F. The van der Waals surface area contributed by atoms with Crippen molar-refractivity contribution in [3.8, 4) is 0 Å². The average Bonchev–Trinajstić information content (AvgIpc) is 3.33. The van der Waals surface area contributed by atoms with E-state index in [1.54, 1.807) is 12.1 Å². The first-order chi connectivity index (χ1) is 17.8. The summed E-state index contributed by atoms with van der Waals surface area (Å²) in [6.07, 6.45) is 0.470. The third-order valence-corrected chi connectivity index (χ3v) is 6.90. The molecule has 3 aromatic rings. The molecular weight excluding hydrogens is 493 g/mol. The second-order valence-corrected chi connectivity index (χ2v) is 9.43. The Hall–Kier alpha value is -3.55. The topological polar surface area (TPSA) is 62.2 Å². The molecule has 1 heterocycles. The normalized spacial score (nSPS) is 15.0. The van der Waals surface area contributed by atoms with Gasteiger partial charge >= 0.3 is 0 Å². The smallest absolute Gasteiger partial charge is 0.262 e. The highest BCUT2D eigenvalue weighted by atomic mass is 35.5. The van der Waals surface area contributed by atoms with Crippen LogP contribution in [0, 0.1) is 19.7 Å². The zero-order chi connectivity index (χ0) is 26.5. The lowest BCUT2D eigenvalue weighted by Gasteiger charge is -2.27. The second-order valence-electron chi connectivity index (χ2n) is 9.02. The van der Waals surface area contributed by atoms with Crippen LogP contribution in [0.3, 0.4) is 0 Å². The molecule has 1 aliphatic heterocycles. The maximum absolute atomic E-state index is 14.4. The predicted octanol–water partition coefficient (Wildman–Crippen LogP) is 5.56. The van der Waals surface area contributed by atoms with E-state index in [1.807, 2.05) is 44.2 Å². The molecule has 192 valence electrons. The van der Waals surface area contributed by atoms with E-state index >= 15 is 0 Å². The van der Waals surface area contributed by atoms with Crippen molar-refractivity contribution in [2.75, 3.05) is 26.8 Å². The fraction of sp³-hybridized carbons (Fsp3) is 0.276. The van der Waals surface area contributed by atoms with Crippen molar-refractivity contribution >= 4 is 29.1 Å². The summed E-state index contributed by atoms with van der Waals surface area (Å²) in [5.41, 5.74) is 4.64. The number of benzene rings is 3. The minimum Gasteiger partial charge on any atom is -0.383 e. The molecule has 8 heteroatoms. The molecule has 0 aliphatic carbocycles. The molecule has 1 atom stereocenters. The minimum atomic E-state index is -0.646. The van der Waals surface area contributed by atoms with Gasteiger partial charge in [0.25, 0.3) is 11.8 Å². The fourth-order valence-corrected chi connectivity index (χ4v) is 4.58. The molecule has 3 aromatic carbocycles. The number of nitrogens with zero attached hydrogens (tertiary/aromatic N) is 3. The highest BCUT2D eigenvalue weighted by Crippen LogP contribution is 2.36. The van der Waals surface area contributed by atoms with Gasteiger partial charge in [0, 0.05) is 25.1 Å². The van der Waals surface area contributed by atoms with E-state index in [-0.39, 0.29) is 25.3 Å². The lowest BCUT2D eigenvalue weighted by atomic mass is 9.96. The number of amides is 2. The van der Waals surface area contributed by atoms with Gasteiger partial charge in [-0.25, -0.2) is 9.40 Å². The predicted molar refractivity (Wildman–Crippen MR) is 142 cm³/mol. The molecule has 1 aliphatic rings. The molecule has 0 unspecified atom stereocenters. The summed E-state index contributed by atoms with van der Waals surface area (Å²) in [5.74, 6) is -1.63. The number of hydrogen-bond donors (Lipinski definition) is 0. The van der Waals surface area contributed by atoms with Crippen molar-refractivity contribution in [2.24, 2.45) is 5.10 Å². The molecule has 0 saturated heterocycles. The van der Waals surface area contributed by atoms with Crippen LogP contribution in [0.5, 0.6) is 0 Å². The zero-order valence-electron chi connectivity index (χ0n) is 21.1. The van der Waals surface area contributed by atoms with E-state index in [9.17, 15) is 14.0 Å². The van der Waals surface area contributed by atoms with Gasteiger partial charge < -0.3 is 9.64 Å². The summed E-state index contributed by atoms with van der Waals surface area (Å²) in [6, 6.07) is 18.7. The number of methoxy groups -OCH3 is 1. The molecule has 0 radical (unpaired) electrons. The Morgan fingerprint density at radius 2 is 1.81 bits per heavy atom. The number of aryl methyl sites for hydroxylation is 2. The van der Waals surface area contributed by atoms with Gasteiger partial charge in [-0.05, 0) is 60.4 Å². The van der Waals surface area contributed by atoms with Crippen LogP contribution in [-0.2, 0) is 9.53 Å². The minimum absolute atomic E-state index is 0.102. The van der Waals surface area contributed by atoms with Gasteiger partial charge in [-0.2, -0.15) is 5.10 Å². The summed E-state index contributed by atoms with van der Waals surface area (Å²) in [5, 5.41) is 6.64. The standard InChI is InChI=1S/C29H29ClFN3O3/c1-19-12-13-21(16-20(19)2)26-17-27(22-8-4-6-10-24(22)30)34(32-26)28(35)18-33(14-15-37-3)29(36)23-9-5-7-11-25(23)31/h4-13,16,27H,14-15,17-18H2,1-3H3/t27-/m0/s1. The van der Waals surface area contributed by atoms with Crippen LogP contribution in [0.1, 0.15) is 45.1 Å². The highest BCUT2D eigenvalue weighted by molar-refractivity contribution is 6.31. The summed E-state index contributed by atoms with van der Waals surface area (Å²) in [7, 11) is 1.50. The Morgan fingerprint density at radius 1 is 1.08 bits per heavy atom. The van der Waals surface area contributed by atoms with Crippen molar-refractivity contribution < 1.29 is 18.7 Å². The van der Waals surface area contributed by atoms with Crippen molar-refractivity contribution in [3.05, 3.63) is 105 Å². The number of carbonyl (C=O) groups excluding carboxylic acids is 2. The first-order valence-electron chi connectivity index (χ1n) is 12.0. The van der Waals surface area contributed by atoms with Crippen LogP contribution in [0.2, 0.25) is 5.02 Å². The molecule has 0 spiro atoms. The van der Waals surface area contributed by atoms with E-state index < -0.39 is 23.7 Å². The average molecular weight is 522 g/mol. The van der Waals surface area contributed by atoms with Gasteiger partial charge in [0.1, 0.15) is 12.4 Å². The van der Waals surface area contributed by atoms with E-state index in [0.29, 0.717) is 11.4 Å². The van der Waals surface area contributed by atoms with Gasteiger partial charge in [0.15, 0.2) is 0 Å². The quantitative estimate of drug-likeness (QED) is 0.390. The third kappa shape index (κ3) is 5.89. The van der Waals surface area contributed by atoms with Crippen LogP contribution in [0.4, 0.5) is 4.39 Å². The zero-order valence-corrected chi connectivity index (χ0v) is 21.8. The Morgan fingerprint density at radius 3 is 2.51 bits per heavy atom. The van der Waals surface area contributed by atoms with Crippen molar-refractivity contribution in [3.63, 3.8) is 0 Å². The highest BCUT2D eigenvalue weighted by Gasteiger charge is 2.35. The van der Waals surface area contributed by atoms with Crippen LogP contribution < -0.4 is 0 Å². The lowest BCUT2D eigenvalue weighted by molar-refractivity contribution is -0.133. The van der Waals surface area contributed by atoms with Crippen molar-refractivity contribution in [1.82, 2.24) is 9.91 Å². The number of hydrogen-bond acceptors (Lipinski definition) is 4. The van der Waals surface area contributed by atoms with Gasteiger partial charge in [-0.15, -0.1) is 0 Å². The molecule has 37 heavy (non-hydrogen) atoms. The van der Waals surface area contributed by atoms with Gasteiger partial charge in [0.2, 0.25) is 0 Å². The van der Waals surface area contributed by atoms with Crippen LogP contribution in [0.15, 0.2) is 71.8 Å². The maximum atomic E-state index is 14.4. The molecule has 0 N–H and O–H groups in total. The fourth-order valence-electron chi connectivity index (χ4n) is 4.32. The molecule has 4 rings (SSSR count). The maximum Gasteiger partial charge on any atom is 0.262 e. The molecule has 6 nitrogen and oxygen atoms in total. The molecule has 0 saturated carbocycles. The van der Waals surface area contributed by atoms with E-state index in [4.69, 9.17) is 21.4 Å². The van der Waals surface area contributed by atoms with E-state index in [2.05, 4.69) is 6.07 Å². The summed E-state index contributed by atoms with van der Waals surface area (Å²) >= 11 is 6.52. The third-order valence-electron chi connectivity index (χ3n) is 6.55. The number of hydrazone groups is 1. The molecule has 0 aromatic heterocycles. The van der Waals surface area contributed by atoms with Crippen molar-refractivity contribution in [1.29, 1.82) is 0 Å². The van der Waals surface area contributed by atoms with Crippen LogP contribution in [-0.4, -0.2) is 54.2 Å². The second kappa shape index (κ2) is 11.7. The van der Waals surface area contributed by atoms with Gasteiger partial charge in [-0.1, -0.05) is 54.1 Å². The Balaban J connectivity index is 1.67. The number of ether oxygens (including phenoxy) is 1. The van der Waals surface area contributed by atoms with Crippen molar-refractivity contribution in [2.45, 2.75) is 26.3 Å². The molecule has 2 amide bonds. The molecular formula is C29H29ClFN3O3. The summed E-state index contributed by atoms with van der Waals surface area (Å²) in [4.78, 5) is 28.2. The number of rotatable bonds is 8. The summed E-state index contributed by atoms with van der Waals surface area (Å²) in [6.45, 7) is 4.09. The van der Waals surface area contributed by atoms with Gasteiger partial charge in [-0.3, -0.25) is 9.59 Å². The van der Waals surface area contributed by atoms with E-state index in [0.717, 1.165) is 22.4 Å². The first-order valence-corrected chi connectivity index (χ1v) is 12.4. The Bertz CT molecular complexity index is 1340. The Labute approximate surface area is 221 Å². The number of halogens is 2. The lowest BCUT2D eigenvalue weighted by Crippen LogP contribution is -2.43. The largest absolute Gasteiger partial charge is 0.383 e. The molecule has 0 bridgehead atoms. The monoisotopic (exact) mass is 521 g/mol. The number of carbonyl (C=O) groups is 2. The molecule has 0 fully saturated rings. The first kappa shape index (κ1) is 26.5. The van der Waals surface area contributed by atoms with Crippen LogP contribution in [0.25, 0.3) is 0 Å².